The third-order valence-corrected chi connectivity index (χ3v) is 3.59. The minimum atomic E-state index is -3.00. The second-order valence-electron chi connectivity index (χ2n) is 3.57. The van der Waals surface area contributed by atoms with E-state index in [0.29, 0.717) is 0 Å². The minimum absolute atomic E-state index is 0.0619. The van der Waals surface area contributed by atoms with Crippen LogP contribution in [0.2, 0.25) is 0 Å². The zero-order valence-electron chi connectivity index (χ0n) is 7.32. The first kappa shape index (κ1) is 9.95. The first-order chi connectivity index (χ1) is 5.41. The van der Waals surface area contributed by atoms with E-state index in [1.165, 1.54) is 0 Å². The van der Waals surface area contributed by atoms with E-state index in [1.807, 2.05) is 13.8 Å². The molecule has 5 heteroatoms. The summed E-state index contributed by atoms with van der Waals surface area (Å²) in [5, 5.41) is 12.3. The second kappa shape index (κ2) is 3.32. The Bertz CT molecular complexity index is 247. The Morgan fingerprint density at radius 1 is 1.42 bits per heavy atom. The Kier molecular flexibility index (Phi) is 2.75. The molecule has 1 heterocycles. The largest absolute Gasteiger partial charge is 0.390 e. The maximum atomic E-state index is 11.0. The molecule has 0 aromatic rings. The van der Waals surface area contributed by atoms with Gasteiger partial charge in [-0.1, -0.05) is 13.8 Å². The standard InChI is InChI=1S/C7H15NO3S/c1-5(2)8-6-3-12(10,11)4-7(6)9/h5-9H,3-4H2,1-2H3/t6-,7-/m0/s1. The lowest BCUT2D eigenvalue weighted by Gasteiger charge is -2.17. The Balaban J connectivity index is 2.58. The molecule has 0 aromatic heterocycles. The highest BCUT2D eigenvalue weighted by atomic mass is 32.2. The van der Waals surface area contributed by atoms with E-state index < -0.39 is 15.9 Å². The monoisotopic (exact) mass is 193 g/mol. The number of sulfone groups is 1. The molecule has 12 heavy (non-hydrogen) atoms. The molecule has 0 saturated carbocycles. The molecule has 0 aliphatic carbocycles. The molecule has 0 amide bonds. The van der Waals surface area contributed by atoms with Crippen LogP contribution in [0.15, 0.2) is 0 Å². The Morgan fingerprint density at radius 3 is 2.33 bits per heavy atom. The fraction of sp³-hybridized carbons (Fsp3) is 1.00. The maximum Gasteiger partial charge on any atom is 0.154 e. The second-order valence-corrected chi connectivity index (χ2v) is 5.73. The van der Waals surface area contributed by atoms with Gasteiger partial charge in [-0.2, -0.15) is 0 Å². The van der Waals surface area contributed by atoms with E-state index in [9.17, 15) is 13.5 Å². The molecule has 0 bridgehead atoms. The van der Waals surface area contributed by atoms with Crippen molar-refractivity contribution in [2.75, 3.05) is 11.5 Å². The average molecular weight is 193 g/mol. The summed E-state index contributed by atoms with van der Waals surface area (Å²) in [6.45, 7) is 3.86. The molecule has 4 nitrogen and oxygen atoms in total. The van der Waals surface area contributed by atoms with Crippen molar-refractivity contribution in [1.82, 2.24) is 5.32 Å². The molecule has 2 atom stereocenters. The SMILES string of the molecule is CC(C)N[C@H]1CS(=O)(=O)C[C@@H]1O. The van der Waals surface area contributed by atoms with Crippen LogP contribution in [0.1, 0.15) is 13.8 Å². The van der Waals surface area contributed by atoms with Gasteiger partial charge in [-0.3, -0.25) is 0 Å². The lowest BCUT2D eigenvalue weighted by molar-refractivity contribution is 0.161. The molecular formula is C7H15NO3S. The van der Waals surface area contributed by atoms with Crippen LogP contribution in [0, 0.1) is 0 Å². The number of aliphatic hydroxyl groups is 1. The number of aliphatic hydroxyl groups excluding tert-OH is 1. The van der Waals surface area contributed by atoms with Crippen molar-refractivity contribution in [3.63, 3.8) is 0 Å². The zero-order chi connectivity index (χ0) is 9.35. The van der Waals surface area contributed by atoms with E-state index in [-0.39, 0.29) is 23.6 Å². The quantitative estimate of drug-likeness (QED) is 0.599. The van der Waals surface area contributed by atoms with Crippen LogP contribution in [0.4, 0.5) is 0 Å². The Morgan fingerprint density at radius 2 is 2.00 bits per heavy atom. The normalized spacial score (nSPS) is 34.3. The van der Waals surface area contributed by atoms with Crippen LogP contribution in [0.3, 0.4) is 0 Å². The highest BCUT2D eigenvalue weighted by Gasteiger charge is 2.36. The molecule has 0 spiro atoms. The van der Waals surface area contributed by atoms with E-state index in [4.69, 9.17) is 0 Å². The highest BCUT2D eigenvalue weighted by molar-refractivity contribution is 7.91. The van der Waals surface area contributed by atoms with Gasteiger partial charge in [-0.25, -0.2) is 8.42 Å². The van der Waals surface area contributed by atoms with Crippen molar-refractivity contribution in [3.8, 4) is 0 Å². The van der Waals surface area contributed by atoms with Crippen molar-refractivity contribution < 1.29 is 13.5 Å². The van der Waals surface area contributed by atoms with E-state index >= 15 is 0 Å². The summed E-state index contributed by atoms with van der Waals surface area (Å²) in [6.07, 6.45) is -0.739. The summed E-state index contributed by atoms with van der Waals surface area (Å²) < 4.78 is 22.1. The first-order valence-corrected chi connectivity index (χ1v) is 5.87. The zero-order valence-corrected chi connectivity index (χ0v) is 8.13. The van der Waals surface area contributed by atoms with E-state index in [2.05, 4.69) is 5.32 Å². The van der Waals surface area contributed by atoms with Crippen molar-refractivity contribution in [2.24, 2.45) is 0 Å². The number of hydrogen-bond acceptors (Lipinski definition) is 4. The lowest BCUT2D eigenvalue weighted by Crippen LogP contribution is -2.42. The number of nitrogens with one attached hydrogen (secondary N) is 1. The van der Waals surface area contributed by atoms with E-state index in [1.54, 1.807) is 0 Å². The minimum Gasteiger partial charge on any atom is -0.390 e. The number of rotatable bonds is 2. The third kappa shape index (κ3) is 2.43. The molecule has 0 radical (unpaired) electrons. The van der Waals surface area contributed by atoms with Crippen molar-refractivity contribution in [2.45, 2.75) is 32.0 Å². The maximum absolute atomic E-state index is 11.0. The Labute approximate surface area is 72.9 Å². The fourth-order valence-electron chi connectivity index (χ4n) is 1.42. The van der Waals surface area contributed by atoms with Gasteiger partial charge in [0.05, 0.1) is 17.6 Å². The van der Waals surface area contributed by atoms with Crippen LogP contribution >= 0.6 is 0 Å². The number of hydrogen-bond donors (Lipinski definition) is 2. The van der Waals surface area contributed by atoms with Gasteiger partial charge in [-0.05, 0) is 0 Å². The average Bonchev–Trinajstić information content (AvgIpc) is 2.03. The van der Waals surface area contributed by atoms with Crippen LogP contribution in [0.25, 0.3) is 0 Å². The Hall–Kier alpha value is -0.130. The molecule has 1 saturated heterocycles. The van der Waals surface area contributed by atoms with Crippen LogP contribution in [-0.4, -0.2) is 43.2 Å². The summed E-state index contributed by atoms with van der Waals surface area (Å²) in [7, 11) is -3.00. The first-order valence-electron chi connectivity index (χ1n) is 4.05. The van der Waals surface area contributed by atoms with Gasteiger partial charge < -0.3 is 10.4 Å². The van der Waals surface area contributed by atoms with Crippen LogP contribution < -0.4 is 5.32 Å². The summed E-state index contributed by atoms with van der Waals surface area (Å²) in [5.41, 5.74) is 0. The van der Waals surface area contributed by atoms with Gasteiger partial charge in [0.15, 0.2) is 9.84 Å². The molecule has 2 N–H and O–H groups in total. The van der Waals surface area contributed by atoms with Gasteiger partial charge >= 0.3 is 0 Å². The van der Waals surface area contributed by atoms with Gasteiger partial charge in [0.2, 0.25) is 0 Å². The van der Waals surface area contributed by atoms with E-state index in [0.717, 1.165) is 0 Å². The van der Waals surface area contributed by atoms with Crippen LogP contribution in [0.5, 0.6) is 0 Å². The predicted molar refractivity (Wildman–Crippen MR) is 46.7 cm³/mol. The summed E-state index contributed by atoms with van der Waals surface area (Å²) in [4.78, 5) is 0. The highest BCUT2D eigenvalue weighted by Crippen LogP contribution is 2.12. The summed E-state index contributed by atoms with van der Waals surface area (Å²) in [5.74, 6) is -0.0380. The molecule has 1 rings (SSSR count). The van der Waals surface area contributed by atoms with Gasteiger partial charge in [0, 0.05) is 12.1 Å². The van der Waals surface area contributed by atoms with Crippen LogP contribution in [-0.2, 0) is 9.84 Å². The smallest absolute Gasteiger partial charge is 0.154 e. The van der Waals surface area contributed by atoms with Gasteiger partial charge in [0.1, 0.15) is 0 Å². The predicted octanol–water partition coefficient (Wildman–Crippen LogP) is -0.858. The fourth-order valence-corrected chi connectivity index (χ4v) is 3.17. The molecule has 0 aromatic carbocycles. The van der Waals surface area contributed by atoms with Crippen molar-refractivity contribution in [1.29, 1.82) is 0 Å². The third-order valence-electron chi connectivity index (χ3n) is 1.87. The molecule has 0 unspecified atom stereocenters. The molecule has 1 aliphatic heterocycles. The van der Waals surface area contributed by atoms with Crippen molar-refractivity contribution in [3.05, 3.63) is 0 Å². The van der Waals surface area contributed by atoms with Gasteiger partial charge in [0.25, 0.3) is 0 Å². The molecule has 1 aliphatic rings. The molecular weight excluding hydrogens is 178 g/mol. The van der Waals surface area contributed by atoms with Gasteiger partial charge in [-0.15, -0.1) is 0 Å². The van der Waals surface area contributed by atoms with Crippen molar-refractivity contribution >= 4 is 9.84 Å². The molecule has 1 fully saturated rings. The molecule has 72 valence electrons. The lowest BCUT2D eigenvalue weighted by atomic mass is 10.2. The summed E-state index contributed by atoms with van der Waals surface area (Å²) in [6, 6.07) is -0.0760. The topological polar surface area (TPSA) is 66.4 Å². The summed E-state index contributed by atoms with van der Waals surface area (Å²) >= 11 is 0.